The van der Waals surface area contributed by atoms with Crippen molar-refractivity contribution in [2.75, 3.05) is 10.3 Å². The van der Waals surface area contributed by atoms with Crippen LogP contribution >= 0.6 is 11.6 Å². The zero-order chi connectivity index (χ0) is 16.4. The summed E-state index contributed by atoms with van der Waals surface area (Å²) in [5, 5.41) is 8.78. The number of hydrazone groups is 1. The SMILES string of the molecule is CC1=NN(c2ccccc2)C(=O)C1C(=O)Nc1ccc(Cl)cc1. The molecule has 0 saturated heterocycles. The molecule has 2 aromatic rings. The lowest BCUT2D eigenvalue weighted by molar-refractivity contribution is -0.127. The van der Waals surface area contributed by atoms with Crippen LogP contribution in [0.25, 0.3) is 0 Å². The number of nitrogens with one attached hydrogen (secondary N) is 1. The quantitative estimate of drug-likeness (QED) is 0.879. The lowest BCUT2D eigenvalue weighted by atomic mass is 10.0. The molecular weight excluding hydrogens is 314 g/mol. The molecule has 2 aromatic carbocycles. The second kappa shape index (κ2) is 6.22. The summed E-state index contributed by atoms with van der Waals surface area (Å²) in [6.45, 7) is 1.67. The number of nitrogens with zero attached hydrogens (tertiary/aromatic N) is 2. The van der Waals surface area contributed by atoms with E-state index in [4.69, 9.17) is 11.6 Å². The second-order valence-electron chi connectivity index (χ2n) is 5.16. The Bertz CT molecular complexity index is 772. The minimum absolute atomic E-state index is 0.361. The molecule has 1 N–H and O–H groups in total. The van der Waals surface area contributed by atoms with E-state index in [9.17, 15) is 9.59 Å². The van der Waals surface area contributed by atoms with Gasteiger partial charge in [0.05, 0.1) is 11.4 Å². The van der Waals surface area contributed by atoms with E-state index in [0.717, 1.165) is 0 Å². The maximum absolute atomic E-state index is 12.5. The number of anilines is 2. The smallest absolute Gasteiger partial charge is 0.265 e. The van der Waals surface area contributed by atoms with Gasteiger partial charge in [0.1, 0.15) is 0 Å². The molecule has 6 heteroatoms. The van der Waals surface area contributed by atoms with Gasteiger partial charge >= 0.3 is 0 Å². The highest BCUT2D eigenvalue weighted by Gasteiger charge is 2.39. The summed E-state index contributed by atoms with van der Waals surface area (Å²) < 4.78 is 0. The van der Waals surface area contributed by atoms with E-state index in [2.05, 4.69) is 10.4 Å². The van der Waals surface area contributed by atoms with Crippen LogP contribution in [-0.2, 0) is 9.59 Å². The van der Waals surface area contributed by atoms with Crippen molar-refractivity contribution in [2.24, 2.45) is 11.0 Å². The molecule has 1 atom stereocenters. The first-order valence-corrected chi connectivity index (χ1v) is 7.44. The number of hydrogen-bond donors (Lipinski definition) is 1. The summed E-state index contributed by atoms with van der Waals surface area (Å²) in [5.41, 5.74) is 1.68. The molecule has 23 heavy (non-hydrogen) atoms. The lowest BCUT2D eigenvalue weighted by Gasteiger charge is -2.14. The van der Waals surface area contributed by atoms with E-state index in [1.807, 2.05) is 18.2 Å². The molecule has 3 rings (SSSR count). The summed E-state index contributed by atoms with van der Waals surface area (Å²) >= 11 is 5.82. The van der Waals surface area contributed by atoms with E-state index < -0.39 is 11.8 Å². The molecule has 0 aliphatic carbocycles. The maximum atomic E-state index is 12.5. The predicted molar refractivity (Wildman–Crippen MR) is 90.6 cm³/mol. The summed E-state index contributed by atoms with van der Waals surface area (Å²) in [7, 11) is 0. The third-order valence-corrected chi connectivity index (χ3v) is 3.76. The Morgan fingerprint density at radius 2 is 1.78 bits per heavy atom. The molecule has 5 nitrogen and oxygen atoms in total. The van der Waals surface area contributed by atoms with Crippen molar-refractivity contribution in [1.29, 1.82) is 0 Å². The Labute approximate surface area is 138 Å². The highest BCUT2D eigenvalue weighted by molar-refractivity contribution is 6.31. The molecule has 0 radical (unpaired) electrons. The van der Waals surface area contributed by atoms with Crippen LogP contribution in [0.5, 0.6) is 0 Å². The third-order valence-electron chi connectivity index (χ3n) is 3.51. The van der Waals surface area contributed by atoms with Crippen LogP contribution in [0.1, 0.15) is 6.92 Å². The van der Waals surface area contributed by atoms with Crippen molar-refractivity contribution in [2.45, 2.75) is 6.92 Å². The molecule has 2 amide bonds. The van der Waals surface area contributed by atoms with Crippen LogP contribution in [0, 0.1) is 5.92 Å². The number of halogens is 1. The zero-order valence-electron chi connectivity index (χ0n) is 12.4. The third kappa shape index (κ3) is 3.10. The summed E-state index contributed by atoms with van der Waals surface area (Å²) in [4.78, 5) is 25.0. The molecule has 1 heterocycles. The van der Waals surface area contributed by atoms with Crippen LogP contribution in [0.4, 0.5) is 11.4 Å². The van der Waals surface area contributed by atoms with Crippen molar-refractivity contribution in [1.82, 2.24) is 0 Å². The first-order valence-electron chi connectivity index (χ1n) is 7.07. The van der Waals surface area contributed by atoms with Gasteiger partial charge in [0.25, 0.3) is 5.91 Å². The van der Waals surface area contributed by atoms with Gasteiger partial charge in [0, 0.05) is 10.7 Å². The van der Waals surface area contributed by atoms with Crippen molar-refractivity contribution < 1.29 is 9.59 Å². The van der Waals surface area contributed by atoms with Crippen LogP contribution in [0.3, 0.4) is 0 Å². The number of para-hydroxylation sites is 1. The molecule has 0 saturated carbocycles. The van der Waals surface area contributed by atoms with Gasteiger partial charge in [0.15, 0.2) is 5.92 Å². The fourth-order valence-electron chi connectivity index (χ4n) is 2.37. The molecule has 1 aliphatic rings. The number of carbonyl (C=O) groups excluding carboxylic acids is 2. The van der Waals surface area contributed by atoms with Gasteiger partial charge in [0.2, 0.25) is 5.91 Å². The Hall–Kier alpha value is -2.66. The monoisotopic (exact) mass is 327 g/mol. The van der Waals surface area contributed by atoms with Crippen molar-refractivity contribution >= 4 is 40.5 Å². The number of amides is 2. The summed E-state index contributed by atoms with van der Waals surface area (Å²) in [5.74, 6) is -1.69. The summed E-state index contributed by atoms with van der Waals surface area (Å²) in [6.07, 6.45) is 0. The van der Waals surface area contributed by atoms with E-state index in [1.54, 1.807) is 43.3 Å². The number of rotatable bonds is 3. The molecule has 116 valence electrons. The number of hydrogen-bond acceptors (Lipinski definition) is 3. The van der Waals surface area contributed by atoms with Crippen LogP contribution < -0.4 is 10.3 Å². The highest BCUT2D eigenvalue weighted by Crippen LogP contribution is 2.24. The van der Waals surface area contributed by atoms with Gasteiger partial charge in [-0.1, -0.05) is 29.8 Å². The Morgan fingerprint density at radius 3 is 2.43 bits per heavy atom. The lowest BCUT2D eigenvalue weighted by Crippen LogP contribution is -2.36. The molecular formula is C17H14ClN3O2. The second-order valence-corrected chi connectivity index (χ2v) is 5.59. The largest absolute Gasteiger partial charge is 0.325 e. The Morgan fingerprint density at radius 1 is 1.13 bits per heavy atom. The van der Waals surface area contributed by atoms with E-state index in [1.165, 1.54) is 5.01 Å². The minimum atomic E-state index is -0.925. The van der Waals surface area contributed by atoms with Crippen molar-refractivity contribution in [3.8, 4) is 0 Å². The zero-order valence-corrected chi connectivity index (χ0v) is 13.1. The van der Waals surface area contributed by atoms with Crippen molar-refractivity contribution in [3.63, 3.8) is 0 Å². The standard InChI is InChI=1S/C17H14ClN3O2/c1-11-15(16(22)19-13-9-7-12(18)8-10-13)17(23)21(20-11)14-5-3-2-4-6-14/h2-10,15H,1H3,(H,19,22). The maximum Gasteiger partial charge on any atom is 0.265 e. The molecule has 0 fully saturated rings. The van der Waals surface area contributed by atoms with Crippen LogP contribution in [0.15, 0.2) is 59.7 Å². The highest BCUT2D eigenvalue weighted by atomic mass is 35.5. The number of carbonyl (C=O) groups is 2. The van der Waals surface area contributed by atoms with E-state index in [0.29, 0.717) is 22.1 Å². The first-order chi connectivity index (χ1) is 11.1. The fraction of sp³-hybridized carbons (Fsp3) is 0.118. The van der Waals surface area contributed by atoms with Gasteiger partial charge in [-0.3, -0.25) is 9.59 Å². The Balaban J connectivity index is 1.78. The molecule has 0 bridgehead atoms. The van der Waals surface area contributed by atoms with Gasteiger partial charge in [-0.05, 0) is 43.3 Å². The molecule has 1 unspecified atom stereocenters. The first kappa shape index (κ1) is 15.2. The minimum Gasteiger partial charge on any atom is -0.325 e. The average molecular weight is 328 g/mol. The van der Waals surface area contributed by atoms with Crippen molar-refractivity contribution in [3.05, 3.63) is 59.6 Å². The molecule has 0 spiro atoms. The van der Waals surface area contributed by atoms with Gasteiger partial charge in [-0.25, -0.2) is 0 Å². The number of benzene rings is 2. The fourth-order valence-corrected chi connectivity index (χ4v) is 2.50. The van der Waals surface area contributed by atoms with E-state index in [-0.39, 0.29) is 5.91 Å². The predicted octanol–water partition coefficient (Wildman–Crippen LogP) is 3.32. The molecule has 1 aliphatic heterocycles. The molecule has 0 aromatic heterocycles. The topological polar surface area (TPSA) is 61.8 Å². The van der Waals surface area contributed by atoms with E-state index >= 15 is 0 Å². The van der Waals surface area contributed by atoms with Crippen LogP contribution in [0.2, 0.25) is 5.02 Å². The average Bonchev–Trinajstić information content (AvgIpc) is 2.85. The van der Waals surface area contributed by atoms with Gasteiger partial charge in [-0.15, -0.1) is 0 Å². The normalized spacial score (nSPS) is 17.1. The van der Waals surface area contributed by atoms with Crippen LogP contribution in [-0.4, -0.2) is 17.5 Å². The van der Waals surface area contributed by atoms with Gasteiger partial charge < -0.3 is 5.32 Å². The van der Waals surface area contributed by atoms with Gasteiger partial charge in [-0.2, -0.15) is 10.1 Å². The Kier molecular flexibility index (Phi) is 4.12. The summed E-state index contributed by atoms with van der Waals surface area (Å²) in [6, 6.07) is 15.7.